The van der Waals surface area contributed by atoms with Crippen LogP contribution in [0.2, 0.25) is 0 Å². The van der Waals surface area contributed by atoms with Gasteiger partial charge in [-0.2, -0.15) is 0 Å². The van der Waals surface area contributed by atoms with Gasteiger partial charge in [0.15, 0.2) is 0 Å². The Labute approximate surface area is 131 Å². The van der Waals surface area contributed by atoms with Crippen molar-refractivity contribution in [2.75, 3.05) is 6.61 Å². The van der Waals surface area contributed by atoms with Crippen molar-refractivity contribution >= 4 is 21.4 Å². The molecular weight excluding hydrogens is 308 g/mol. The second kappa shape index (κ2) is 6.34. The number of ether oxygens (including phenoxy) is 1. The highest BCUT2D eigenvalue weighted by atomic mass is 32.2. The Balaban J connectivity index is 2.09. The zero-order valence-electron chi connectivity index (χ0n) is 13.0. The lowest BCUT2D eigenvalue weighted by Crippen LogP contribution is -2.50. The summed E-state index contributed by atoms with van der Waals surface area (Å²) >= 11 is 1.31. The molecule has 120 valence electrons. The van der Waals surface area contributed by atoms with E-state index < -0.39 is 15.6 Å². The van der Waals surface area contributed by atoms with Crippen LogP contribution in [0.1, 0.15) is 39.0 Å². The fourth-order valence-electron chi connectivity index (χ4n) is 2.23. The Kier molecular flexibility index (Phi) is 5.10. The second-order valence-electron chi connectivity index (χ2n) is 6.04. The molecule has 1 saturated heterocycles. The van der Waals surface area contributed by atoms with Crippen molar-refractivity contribution < 1.29 is 13.2 Å². The van der Waals surface area contributed by atoms with Gasteiger partial charge in [-0.1, -0.05) is 13.8 Å². The maximum atomic E-state index is 12.5. The largest absolute Gasteiger partial charge is 0.376 e. The molecule has 0 saturated carbocycles. The Morgan fingerprint density at radius 2 is 2.19 bits per heavy atom. The first-order valence-corrected chi connectivity index (χ1v) is 9.50. The monoisotopic (exact) mass is 332 g/mol. The van der Waals surface area contributed by atoms with Crippen molar-refractivity contribution in [3.05, 3.63) is 17.0 Å². The van der Waals surface area contributed by atoms with Gasteiger partial charge in [0.1, 0.15) is 4.21 Å². The van der Waals surface area contributed by atoms with E-state index in [1.165, 1.54) is 11.3 Å². The molecule has 7 heteroatoms. The van der Waals surface area contributed by atoms with Gasteiger partial charge >= 0.3 is 0 Å². The maximum absolute atomic E-state index is 12.5. The zero-order chi connectivity index (χ0) is 15.7. The number of rotatable bonds is 6. The Morgan fingerprint density at radius 3 is 2.76 bits per heavy atom. The Hall–Kier alpha value is -0.470. The van der Waals surface area contributed by atoms with Crippen LogP contribution >= 0.6 is 11.3 Å². The highest BCUT2D eigenvalue weighted by molar-refractivity contribution is 7.91. The van der Waals surface area contributed by atoms with E-state index in [9.17, 15) is 8.42 Å². The summed E-state index contributed by atoms with van der Waals surface area (Å²) in [6.45, 7) is 9.21. The zero-order valence-corrected chi connectivity index (χ0v) is 14.6. The molecule has 1 aliphatic rings. The molecule has 2 rings (SSSR count). The molecule has 0 bridgehead atoms. The molecule has 1 fully saturated rings. The van der Waals surface area contributed by atoms with Crippen LogP contribution in [0.5, 0.6) is 0 Å². The van der Waals surface area contributed by atoms with Gasteiger partial charge in [-0.3, -0.25) is 0 Å². The molecule has 1 aromatic heterocycles. The van der Waals surface area contributed by atoms with Gasteiger partial charge in [0.2, 0.25) is 0 Å². The lowest BCUT2D eigenvalue weighted by atomic mass is 9.97. The lowest BCUT2D eigenvalue weighted by molar-refractivity contribution is 0.0957. The van der Waals surface area contributed by atoms with Gasteiger partial charge in [0.25, 0.3) is 10.0 Å². The van der Waals surface area contributed by atoms with Crippen LogP contribution in [0, 0.1) is 0 Å². The van der Waals surface area contributed by atoms with Crippen LogP contribution in [0.4, 0.5) is 0 Å². The molecule has 0 spiro atoms. The summed E-state index contributed by atoms with van der Waals surface area (Å²) in [7, 11) is -3.49. The van der Waals surface area contributed by atoms with Crippen molar-refractivity contribution in [1.82, 2.24) is 10.0 Å². The number of sulfonamides is 1. The summed E-state index contributed by atoms with van der Waals surface area (Å²) in [4.78, 5) is 1.02. The van der Waals surface area contributed by atoms with E-state index in [4.69, 9.17) is 4.74 Å². The van der Waals surface area contributed by atoms with E-state index in [2.05, 4.69) is 23.9 Å². The molecule has 1 aliphatic heterocycles. The quantitative estimate of drug-likeness (QED) is 0.837. The molecule has 0 amide bonds. The summed E-state index contributed by atoms with van der Waals surface area (Å²) in [5.74, 6) is 0. The molecule has 21 heavy (non-hydrogen) atoms. The van der Waals surface area contributed by atoms with E-state index in [1.54, 1.807) is 6.07 Å². The summed E-state index contributed by atoms with van der Waals surface area (Å²) in [5, 5.41) is 3.29. The fourth-order valence-corrected chi connectivity index (χ4v) is 5.03. The van der Waals surface area contributed by atoms with Crippen LogP contribution in [-0.2, 0) is 21.3 Å². The van der Waals surface area contributed by atoms with Gasteiger partial charge < -0.3 is 10.1 Å². The van der Waals surface area contributed by atoms with Gasteiger partial charge in [-0.15, -0.1) is 11.3 Å². The average molecular weight is 332 g/mol. The van der Waals surface area contributed by atoms with Crippen LogP contribution < -0.4 is 10.0 Å². The summed E-state index contributed by atoms with van der Waals surface area (Å²) < 4.78 is 33.7. The number of thiophene rings is 1. The Bertz CT molecular complexity index is 583. The van der Waals surface area contributed by atoms with Crippen molar-refractivity contribution in [2.45, 2.75) is 62.6 Å². The van der Waals surface area contributed by atoms with E-state index in [0.717, 1.165) is 4.88 Å². The summed E-state index contributed by atoms with van der Waals surface area (Å²) in [6.07, 6.45) is 0.579. The molecule has 2 unspecified atom stereocenters. The molecule has 0 aromatic carbocycles. The number of hydrogen-bond donors (Lipinski definition) is 2. The first-order valence-electron chi connectivity index (χ1n) is 7.20. The van der Waals surface area contributed by atoms with Gasteiger partial charge in [0.05, 0.1) is 11.6 Å². The SMILES string of the molecule is CC(C)NCc1ccc(S(=O)(=O)NC2(C)CCOC2C)s1. The van der Waals surface area contributed by atoms with Crippen molar-refractivity contribution in [3.63, 3.8) is 0 Å². The predicted molar refractivity (Wildman–Crippen MR) is 85.1 cm³/mol. The van der Waals surface area contributed by atoms with Crippen LogP contribution in [0.25, 0.3) is 0 Å². The third-order valence-corrected chi connectivity index (χ3v) is 7.03. The normalized spacial score (nSPS) is 26.6. The van der Waals surface area contributed by atoms with Crippen molar-refractivity contribution in [3.8, 4) is 0 Å². The third kappa shape index (κ3) is 4.04. The minimum atomic E-state index is -3.49. The van der Waals surface area contributed by atoms with Crippen LogP contribution in [0.15, 0.2) is 16.3 Å². The van der Waals surface area contributed by atoms with E-state index >= 15 is 0 Å². The van der Waals surface area contributed by atoms with Gasteiger partial charge in [-0.05, 0) is 32.4 Å². The van der Waals surface area contributed by atoms with E-state index in [1.807, 2.05) is 19.9 Å². The minimum Gasteiger partial charge on any atom is -0.376 e. The molecule has 2 heterocycles. The average Bonchev–Trinajstić information content (AvgIpc) is 2.95. The van der Waals surface area contributed by atoms with Crippen molar-refractivity contribution in [1.29, 1.82) is 0 Å². The molecule has 0 radical (unpaired) electrons. The van der Waals surface area contributed by atoms with Gasteiger partial charge in [-0.25, -0.2) is 13.1 Å². The van der Waals surface area contributed by atoms with Crippen LogP contribution in [0.3, 0.4) is 0 Å². The first-order chi connectivity index (χ1) is 9.73. The van der Waals surface area contributed by atoms with Crippen molar-refractivity contribution in [2.24, 2.45) is 0 Å². The molecule has 5 nitrogen and oxygen atoms in total. The lowest BCUT2D eigenvalue weighted by Gasteiger charge is -2.28. The molecule has 1 aromatic rings. The predicted octanol–water partition coefficient (Wildman–Crippen LogP) is 2.09. The molecule has 2 N–H and O–H groups in total. The minimum absolute atomic E-state index is 0.116. The topological polar surface area (TPSA) is 67.4 Å². The number of hydrogen-bond acceptors (Lipinski definition) is 5. The molecule has 2 atom stereocenters. The first kappa shape index (κ1) is 16.9. The molecule has 0 aliphatic carbocycles. The van der Waals surface area contributed by atoms with E-state index in [-0.39, 0.29) is 6.10 Å². The van der Waals surface area contributed by atoms with E-state index in [0.29, 0.717) is 29.8 Å². The third-order valence-electron chi connectivity index (χ3n) is 3.84. The maximum Gasteiger partial charge on any atom is 0.250 e. The van der Waals surface area contributed by atoms with Gasteiger partial charge in [0, 0.05) is 24.1 Å². The second-order valence-corrected chi connectivity index (χ2v) is 9.12. The molecular formula is C14H24N2O3S2. The highest BCUT2D eigenvalue weighted by Crippen LogP contribution is 2.29. The van der Waals surface area contributed by atoms with Crippen LogP contribution in [-0.4, -0.2) is 32.7 Å². The smallest absolute Gasteiger partial charge is 0.250 e. The summed E-state index contributed by atoms with van der Waals surface area (Å²) in [6, 6.07) is 3.92. The Morgan fingerprint density at radius 1 is 1.48 bits per heavy atom. The highest BCUT2D eigenvalue weighted by Gasteiger charge is 2.40. The summed E-state index contributed by atoms with van der Waals surface area (Å²) in [5.41, 5.74) is -0.529. The fraction of sp³-hybridized carbons (Fsp3) is 0.714. The standard InChI is InChI=1S/C14H24N2O3S2/c1-10(2)15-9-12-5-6-13(20-12)21(17,18)16-14(4)7-8-19-11(14)3/h5-6,10-11,15-16H,7-9H2,1-4H3. The number of nitrogens with one attached hydrogen (secondary N) is 2.